The SMILES string of the molecule is COc1cc(C(F)(F)F)nc(C(O)c2cccc(Cl)c2N)n1. The zero-order chi connectivity index (χ0) is 16.5. The van der Waals surface area contributed by atoms with Gasteiger partial charge in [0.1, 0.15) is 6.10 Å². The number of alkyl halides is 3. The van der Waals surface area contributed by atoms with Gasteiger partial charge in [-0.2, -0.15) is 18.2 Å². The predicted molar refractivity (Wildman–Crippen MR) is 73.5 cm³/mol. The van der Waals surface area contributed by atoms with E-state index in [4.69, 9.17) is 22.1 Å². The fraction of sp³-hybridized carbons (Fsp3) is 0.231. The third kappa shape index (κ3) is 3.23. The molecule has 118 valence electrons. The van der Waals surface area contributed by atoms with Gasteiger partial charge in [-0.3, -0.25) is 0 Å². The first-order chi connectivity index (χ1) is 10.2. The average Bonchev–Trinajstić information content (AvgIpc) is 2.48. The van der Waals surface area contributed by atoms with Crippen molar-refractivity contribution >= 4 is 17.3 Å². The van der Waals surface area contributed by atoms with Gasteiger partial charge in [0.05, 0.1) is 17.8 Å². The van der Waals surface area contributed by atoms with E-state index >= 15 is 0 Å². The van der Waals surface area contributed by atoms with Crippen LogP contribution in [-0.2, 0) is 6.18 Å². The van der Waals surface area contributed by atoms with E-state index in [1.54, 1.807) is 0 Å². The lowest BCUT2D eigenvalue weighted by molar-refractivity contribution is -0.141. The Morgan fingerprint density at radius 2 is 2.00 bits per heavy atom. The van der Waals surface area contributed by atoms with Crippen LogP contribution in [0, 0.1) is 0 Å². The standard InChI is InChI=1S/C13H11ClF3N3O2/c1-22-9-5-8(13(15,16)17)19-12(20-9)11(21)6-3-2-4-7(14)10(6)18/h2-5,11,21H,18H2,1H3. The van der Waals surface area contributed by atoms with Crippen LogP contribution >= 0.6 is 11.6 Å². The number of aromatic nitrogens is 2. The number of hydrogen-bond acceptors (Lipinski definition) is 5. The molecule has 0 spiro atoms. The van der Waals surface area contributed by atoms with Crippen LogP contribution in [0.5, 0.6) is 5.88 Å². The molecular formula is C13H11ClF3N3O2. The Labute approximate surface area is 128 Å². The lowest BCUT2D eigenvalue weighted by atomic mass is 10.1. The molecule has 0 aliphatic rings. The van der Waals surface area contributed by atoms with Gasteiger partial charge in [0.15, 0.2) is 11.5 Å². The number of nitrogen functional groups attached to an aromatic ring is 1. The van der Waals surface area contributed by atoms with Crippen LogP contribution in [0.3, 0.4) is 0 Å². The predicted octanol–water partition coefficient (Wildman–Crippen LogP) is 2.82. The number of ether oxygens (including phenoxy) is 1. The molecular weight excluding hydrogens is 323 g/mol. The van der Waals surface area contributed by atoms with Crippen LogP contribution in [0.25, 0.3) is 0 Å². The Kier molecular flexibility index (Phi) is 4.43. The molecule has 0 bridgehead atoms. The highest BCUT2D eigenvalue weighted by atomic mass is 35.5. The number of anilines is 1. The first kappa shape index (κ1) is 16.3. The Balaban J connectivity index is 2.53. The maximum Gasteiger partial charge on any atom is 0.433 e. The minimum Gasteiger partial charge on any atom is -0.481 e. The van der Waals surface area contributed by atoms with Crippen molar-refractivity contribution in [2.45, 2.75) is 12.3 Å². The minimum atomic E-state index is -4.70. The molecule has 1 atom stereocenters. The number of nitrogens with zero attached hydrogens (tertiary/aromatic N) is 2. The number of methoxy groups -OCH3 is 1. The van der Waals surface area contributed by atoms with Crippen molar-refractivity contribution in [2.24, 2.45) is 0 Å². The van der Waals surface area contributed by atoms with Gasteiger partial charge in [-0.05, 0) is 6.07 Å². The lowest BCUT2D eigenvalue weighted by Crippen LogP contribution is -2.15. The van der Waals surface area contributed by atoms with Crippen molar-refractivity contribution < 1.29 is 23.0 Å². The highest BCUT2D eigenvalue weighted by molar-refractivity contribution is 6.33. The normalized spacial score (nSPS) is 13.0. The average molecular weight is 334 g/mol. The Morgan fingerprint density at radius 3 is 2.59 bits per heavy atom. The van der Waals surface area contributed by atoms with E-state index in [0.29, 0.717) is 6.07 Å². The molecule has 0 saturated carbocycles. The van der Waals surface area contributed by atoms with Gasteiger partial charge in [-0.1, -0.05) is 23.7 Å². The number of nitrogens with two attached hydrogens (primary N) is 1. The molecule has 0 saturated heterocycles. The second-order valence-corrected chi connectivity index (χ2v) is 4.70. The Hall–Kier alpha value is -2.06. The van der Waals surface area contributed by atoms with E-state index in [9.17, 15) is 18.3 Å². The van der Waals surface area contributed by atoms with Gasteiger partial charge < -0.3 is 15.6 Å². The van der Waals surface area contributed by atoms with Gasteiger partial charge in [0, 0.05) is 11.6 Å². The summed E-state index contributed by atoms with van der Waals surface area (Å²) in [6.45, 7) is 0. The highest BCUT2D eigenvalue weighted by Gasteiger charge is 2.35. The van der Waals surface area contributed by atoms with Crippen molar-refractivity contribution in [1.82, 2.24) is 9.97 Å². The molecule has 3 N–H and O–H groups in total. The third-order valence-corrected chi connectivity index (χ3v) is 3.17. The quantitative estimate of drug-likeness (QED) is 0.844. The number of benzene rings is 1. The van der Waals surface area contributed by atoms with Crippen molar-refractivity contribution in [3.63, 3.8) is 0 Å². The monoisotopic (exact) mass is 333 g/mol. The smallest absolute Gasteiger partial charge is 0.433 e. The summed E-state index contributed by atoms with van der Waals surface area (Å²) in [5, 5.41) is 10.4. The topological polar surface area (TPSA) is 81.3 Å². The number of para-hydroxylation sites is 1. The fourth-order valence-electron chi connectivity index (χ4n) is 1.75. The summed E-state index contributed by atoms with van der Waals surface area (Å²) < 4.78 is 43.2. The van der Waals surface area contributed by atoms with Crippen LogP contribution in [0.15, 0.2) is 24.3 Å². The van der Waals surface area contributed by atoms with E-state index in [1.807, 2.05) is 0 Å². The molecule has 0 amide bonds. The maximum atomic E-state index is 12.8. The van der Waals surface area contributed by atoms with Crippen LogP contribution < -0.4 is 10.5 Å². The summed E-state index contributed by atoms with van der Waals surface area (Å²) in [5.74, 6) is -0.808. The van der Waals surface area contributed by atoms with Crippen LogP contribution in [-0.4, -0.2) is 22.2 Å². The molecule has 2 rings (SSSR count). The van der Waals surface area contributed by atoms with Gasteiger partial charge in [-0.15, -0.1) is 0 Å². The molecule has 1 aromatic carbocycles. The van der Waals surface area contributed by atoms with Gasteiger partial charge in [-0.25, -0.2) is 4.98 Å². The van der Waals surface area contributed by atoms with Crippen LogP contribution in [0.1, 0.15) is 23.2 Å². The molecule has 1 unspecified atom stereocenters. The van der Waals surface area contributed by atoms with E-state index in [1.165, 1.54) is 18.2 Å². The fourth-order valence-corrected chi connectivity index (χ4v) is 1.93. The van der Waals surface area contributed by atoms with E-state index in [-0.39, 0.29) is 22.2 Å². The second-order valence-electron chi connectivity index (χ2n) is 4.30. The molecule has 0 aliphatic carbocycles. The number of rotatable bonds is 3. The van der Waals surface area contributed by atoms with Crippen LogP contribution in [0.4, 0.5) is 18.9 Å². The minimum absolute atomic E-state index is 0.0386. The van der Waals surface area contributed by atoms with Crippen molar-refractivity contribution in [1.29, 1.82) is 0 Å². The largest absolute Gasteiger partial charge is 0.481 e. The molecule has 1 aromatic heterocycles. The Bertz CT molecular complexity index is 695. The molecule has 0 radical (unpaired) electrons. The van der Waals surface area contributed by atoms with Crippen molar-refractivity contribution in [3.05, 3.63) is 46.4 Å². The van der Waals surface area contributed by atoms with Gasteiger partial charge >= 0.3 is 6.18 Å². The molecule has 0 fully saturated rings. The number of halogens is 4. The van der Waals surface area contributed by atoms with E-state index in [0.717, 1.165) is 7.11 Å². The molecule has 0 aliphatic heterocycles. The summed E-state index contributed by atoms with van der Waals surface area (Å²) in [4.78, 5) is 7.07. The summed E-state index contributed by atoms with van der Waals surface area (Å²) in [7, 11) is 1.16. The molecule has 1 heterocycles. The maximum absolute atomic E-state index is 12.8. The lowest BCUT2D eigenvalue weighted by Gasteiger charge is -2.15. The zero-order valence-electron chi connectivity index (χ0n) is 11.2. The molecule has 9 heteroatoms. The molecule has 5 nitrogen and oxygen atoms in total. The molecule has 2 aromatic rings. The van der Waals surface area contributed by atoms with Crippen molar-refractivity contribution in [2.75, 3.05) is 12.8 Å². The van der Waals surface area contributed by atoms with Crippen molar-refractivity contribution in [3.8, 4) is 5.88 Å². The zero-order valence-corrected chi connectivity index (χ0v) is 12.0. The van der Waals surface area contributed by atoms with E-state index < -0.39 is 23.8 Å². The first-order valence-electron chi connectivity index (χ1n) is 5.96. The Morgan fingerprint density at radius 1 is 1.32 bits per heavy atom. The summed E-state index contributed by atoms with van der Waals surface area (Å²) in [6.07, 6.45) is -6.28. The summed E-state index contributed by atoms with van der Waals surface area (Å²) in [6, 6.07) is 5.04. The number of aliphatic hydroxyl groups excluding tert-OH is 1. The van der Waals surface area contributed by atoms with Gasteiger partial charge in [0.2, 0.25) is 5.88 Å². The summed E-state index contributed by atoms with van der Waals surface area (Å²) >= 11 is 5.83. The van der Waals surface area contributed by atoms with E-state index in [2.05, 4.69) is 9.97 Å². The third-order valence-electron chi connectivity index (χ3n) is 2.85. The second kappa shape index (κ2) is 5.98. The summed E-state index contributed by atoms with van der Waals surface area (Å²) in [5.41, 5.74) is 4.63. The highest BCUT2D eigenvalue weighted by Crippen LogP contribution is 2.33. The number of aliphatic hydroxyl groups is 1. The van der Waals surface area contributed by atoms with Gasteiger partial charge in [0.25, 0.3) is 0 Å². The van der Waals surface area contributed by atoms with Crippen LogP contribution in [0.2, 0.25) is 5.02 Å². The number of hydrogen-bond donors (Lipinski definition) is 2. The first-order valence-corrected chi connectivity index (χ1v) is 6.34. The molecule has 22 heavy (non-hydrogen) atoms.